The number of amides is 1. The lowest BCUT2D eigenvalue weighted by molar-refractivity contribution is 0.0949. The molecule has 1 heterocycles. The van der Waals surface area contributed by atoms with Crippen LogP contribution in [0.3, 0.4) is 0 Å². The van der Waals surface area contributed by atoms with Crippen molar-refractivity contribution in [3.05, 3.63) is 63.3 Å². The summed E-state index contributed by atoms with van der Waals surface area (Å²) in [5, 5.41) is 7.51. The van der Waals surface area contributed by atoms with Gasteiger partial charge in [0.1, 0.15) is 22.8 Å². The molecule has 0 unspecified atom stereocenters. The zero-order chi connectivity index (χ0) is 20.3. The third kappa shape index (κ3) is 3.93. The molecule has 0 bridgehead atoms. The van der Waals surface area contributed by atoms with Gasteiger partial charge in [-0.25, -0.2) is 0 Å². The summed E-state index contributed by atoms with van der Waals surface area (Å²) in [7, 11) is 3.06. The quantitative estimate of drug-likeness (QED) is 0.613. The Morgan fingerprint density at radius 3 is 2.46 bits per heavy atom. The first kappa shape index (κ1) is 20.0. The third-order valence-corrected chi connectivity index (χ3v) is 4.76. The van der Waals surface area contributed by atoms with Gasteiger partial charge in [-0.05, 0) is 25.1 Å². The summed E-state index contributed by atoms with van der Waals surface area (Å²) in [6.07, 6.45) is 0. The maximum absolute atomic E-state index is 12.8. The Bertz CT molecular complexity index is 994. The molecule has 0 aliphatic heterocycles. The lowest BCUT2D eigenvalue weighted by Crippen LogP contribution is -2.24. The lowest BCUT2D eigenvalue weighted by Gasteiger charge is -2.10. The van der Waals surface area contributed by atoms with E-state index in [1.165, 1.54) is 7.11 Å². The topological polar surface area (TPSA) is 73.6 Å². The zero-order valence-electron chi connectivity index (χ0n) is 15.5. The van der Waals surface area contributed by atoms with Crippen molar-refractivity contribution in [3.63, 3.8) is 0 Å². The third-order valence-electron chi connectivity index (χ3n) is 4.20. The molecule has 146 valence electrons. The summed E-state index contributed by atoms with van der Waals surface area (Å²) in [6, 6.07) is 10.7. The molecule has 0 radical (unpaired) electrons. The predicted octanol–water partition coefficient (Wildman–Crippen LogP) is 4.90. The van der Waals surface area contributed by atoms with Crippen molar-refractivity contribution in [2.75, 3.05) is 14.2 Å². The molecule has 0 saturated heterocycles. The smallest absolute Gasteiger partial charge is 0.257 e. The molecule has 3 aromatic rings. The number of para-hydroxylation sites is 1. The van der Waals surface area contributed by atoms with Gasteiger partial charge in [0.2, 0.25) is 0 Å². The average molecular weight is 421 g/mol. The Hall–Kier alpha value is -2.70. The van der Waals surface area contributed by atoms with E-state index in [4.69, 9.17) is 37.2 Å². The molecule has 1 N–H and O–H groups in total. The van der Waals surface area contributed by atoms with Crippen LogP contribution in [0.25, 0.3) is 11.3 Å². The van der Waals surface area contributed by atoms with Gasteiger partial charge in [0.15, 0.2) is 5.75 Å². The molecule has 3 rings (SSSR count). The highest BCUT2D eigenvalue weighted by molar-refractivity contribution is 6.37. The van der Waals surface area contributed by atoms with E-state index in [0.717, 1.165) is 5.56 Å². The monoisotopic (exact) mass is 420 g/mol. The number of ether oxygens (including phenoxy) is 2. The Morgan fingerprint density at radius 2 is 1.82 bits per heavy atom. The molecule has 1 amide bonds. The van der Waals surface area contributed by atoms with Crippen LogP contribution in [-0.4, -0.2) is 25.3 Å². The van der Waals surface area contributed by atoms with E-state index in [2.05, 4.69) is 10.5 Å². The number of nitrogens with zero attached hydrogens (tertiary/aromatic N) is 1. The first-order valence-corrected chi connectivity index (χ1v) is 9.11. The standard InChI is InChI=1S/C20H18Cl2N2O4/c1-11-17(20(25)23-10-12-6-4-5-7-16(12)26-2)18(24-28-11)13-8-14(21)19(27-3)15(22)9-13/h4-9H,10H2,1-3H3,(H,23,25). The van der Waals surface area contributed by atoms with Gasteiger partial charge in [0.25, 0.3) is 5.91 Å². The van der Waals surface area contributed by atoms with Crippen LogP contribution in [0.5, 0.6) is 11.5 Å². The zero-order valence-corrected chi connectivity index (χ0v) is 17.0. The maximum Gasteiger partial charge on any atom is 0.257 e. The van der Waals surface area contributed by atoms with Crippen LogP contribution in [0.2, 0.25) is 10.0 Å². The van der Waals surface area contributed by atoms with Crippen LogP contribution in [0.15, 0.2) is 40.9 Å². The number of methoxy groups -OCH3 is 2. The molecule has 0 aliphatic carbocycles. The number of rotatable bonds is 6. The van der Waals surface area contributed by atoms with Crippen molar-refractivity contribution >= 4 is 29.1 Å². The highest BCUT2D eigenvalue weighted by Gasteiger charge is 2.23. The molecule has 0 spiro atoms. The summed E-state index contributed by atoms with van der Waals surface area (Å²) in [5.41, 5.74) is 2.06. The van der Waals surface area contributed by atoms with Crippen LogP contribution in [0, 0.1) is 6.92 Å². The largest absolute Gasteiger partial charge is 0.496 e. The van der Waals surface area contributed by atoms with Gasteiger partial charge in [0, 0.05) is 17.7 Å². The minimum Gasteiger partial charge on any atom is -0.496 e. The van der Waals surface area contributed by atoms with Crippen molar-refractivity contribution in [1.82, 2.24) is 10.5 Å². The number of aromatic nitrogens is 1. The molecule has 1 aromatic heterocycles. The minimum absolute atomic E-state index is 0.289. The highest BCUT2D eigenvalue weighted by Crippen LogP contribution is 2.38. The number of benzene rings is 2. The Labute approximate surface area is 172 Å². The number of carbonyl (C=O) groups excluding carboxylic acids is 1. The van der Waals surface area contributed by atoms with Crippen molar-refractivity contribution in [2.24, 2.45) is 0 Å². The van der Waals surface area contributed by atoms with Gasteiger partial charge < -0.3 is 19.3 Å². The SMILES string of the molecule is COc1ccccc1CNC(=O)c1c(-c2cc(Cl)c(OC)c(Cl)c2)noc1C. The fourth-order valence-electron chi connectivity index (χ4n) is 2.84. The number of halogens is 2. The van der Waals surface area contributed by atoms with Crippen LogP contribution in [0.4, 0.5) is 0 Å². The van der Waals surface area contributed by atoms with Crippen molar-refractivity contribution in [1.29, 1.82) is 0 Å². The molecular formula is C20H18Cl2N2O4. The molecule has 0 atom stereocenters. The van der Waals surface area contributed by atoms with E-state index in [-0.39, 0.29) is 12.5 Å². The molecule has 0 fully saturated rings. The maximum atomic E-state index is 12.8. The van der Waals surface area contributed by atoms with Gasteiger partial charge in [0.05, 0.1) is 24.3 Å². The van der Waals surface area contributed by atoms with E-state index in [1.54, 1.807) is 26.2 Å². The number of hydrogen-bond acceptors (Lipinski definition) is 5. The summed E-state index contributed by atoms with van der Waals surface area (Å²) < 4.78 is 15.7. The van der Waals surface area contributed by atoms with E-state index >= 15 is 0 Å². The van der Waals surface area contributed by atoms with Gasteiger partial charge in [-0.2, -0.15) is 0 Å². The lowest BCUT2D eigenvalue weighted by atomic mass is 10.1. The Balaban J connectivity index is 1.90. The number of aryl methyl sites for hydroxylation is 1. The first-order valence-electron chi connectivity index (χ1n) is 8.36. The summed E-state index contributed by atoms with van der Waals surface area (Å²) in [6.45, 7) is 1.96. The Kier molecular flexibility index (Phi) is 6.11. The van der Waals surface area contributed by atoms with Crippen molar-refractivity contribution < 1.29 is 18.8 Å². The van der Waals surface area contributed by atoms with Gasteiger partial charge >= 0.3 is 0 Å². The molecule has 6 nitrogen and oxygen atoms in total. The van der Waals surface area contributed by atoms with Crippen molar-refractivity contribution in [3.8, 4) is 22.8 Å². The van der Waals surface area contributed by atoms with Gasteiger partial charge in [-0.15, -0.1) is 0 Å². The second kappa shape index (κ2) is 8.54. The second-order valence-electron chi connectivity index (χ2n) is 5.93. The Morgan fingerprint density at radius 1 is 1.14 bits per heavy atom. The summed E-state index contributed by atoms with van der Waals surface area (Å²) in [5.74, 6) is 1.10. The van der Waals surface area contributed by atoms with E-state index in [1.807, 2.05) is 24.3 Å². The minimum atomic E-state index is -0.331. The molecule has 8 heteroatoms. The molecular weight excluding hydrogens is 403 g/mol. The predicted molar refractivity (Wildman–Crippen MR) is 107 cm³/mol. The average Bonchev–Trinajstić information content (AvgIpc) is 3.07. The van der Waals surface area contributed by atoms with Crippen molar-refractivity contribution in [2.45, 2.75) is 13.5 Å². The van der Waals surface area contributed by atoms with Gasteiger partial charge in [-0.3, -0.25) is 4.79 Å². The fraction of sp³-hybridized carbons (Fsp3) is 0.200. The van der Waals surface area contributed by atoms with E-state index < -0.39 is 0 Å². The van der Waals surface area contributed by atoms with Gasteiger partial charge in [-0.1, -0.05) is 46.6 Å². The van der Waals surface area contributed by atoms with E-state index in [9.17, 15) is 4.79 Å². The number of carbonyl (C=O) groups is 1. The fourth-order valence-corrected chi connectivity index (χ4v) is 3.48. The molecule has 2 aromatic carbocycles. The highest BCUT2D eigenvalue weighted by atomic mass is 35.5. The van der Waals surface area contributed by atoms with E-state index in [0.29, 0.717) is 44.1 Å². The van der Waals surface area contributed by atoms with Crippen LogP contribution >= 0.6 is 23.2 Å². The molecule has 28 heavy (non-hydrogen) atoms. The van der Waals surface area contributed by atoms with Crippen LogP contribution in [-0.2, 0) is 6.54 Å². The number of nitrogens with one attached hydrogen (secondary N) is 1. The normalized spacial score (nSPS) is 10.6. The van der Waals surface area contributed by atoms with Crippen LogP contribution in [0.1, 0.15) is 21.7 Å². The summed E-state index contributed by atoms with van der Waals surface area (Å²) in [4.78, 5) is 12.8. The number of hydrogen-bond donors (Lipinski definition) is 1. The van der Waals surface area contributed by atoms with Crippen LogP contribution < -0.4 is 14.8 Å². The molecule has 0 saturated carbocycles. The summed E-state index contributed by atoms with van der Waals surface area (Å²) >= 11 is 12.4. The first-order chi connectivity index (χ1) is 13.5. The second-order valence-corrected chi connectivity index (χ2v) is 6.74. The molecule has 0 aliphatic rings.